The first-order valence-corrected chi connectivity index (χ1v) is 11.7. The van der Waals surface area contributed by atoms with Gasteiger partial charge in [-0.1, -0.05) is 23.2 Å². The summed E-state index contributed by atoms with van der Waals surface area (Å²) in [7, 11) is 1.62. The highest BCUT2D eigenvalue weighted by molar-refractivity contribution is 6.42. The number of ether oxygens (including phenoxy) is 1. The molecule has 7 nitrogen and oxygen atoms in total. The maximum absolute atomic E-state index is 13.1. The summed E-state index contributed by atoms with van der Waals surface area (Å²) >= 11 is 12.5. The minimum Gasteiger partial charge on any atom is -0.494 e. The lowest BCUT2D eigenvalue weighted by Gasteiger charge is -2.33. The zero-order chi connectivity index (χ0) is 23.2. The zero-order valence-electron chi connectivity index (χ0n) is 18.5. The van der Waals surface area contributed by atoms with Crippen molar-refractivity contribution in [2.45, 2.75) is 26.2 Å². The third kappa shape index (κ3) is 3.98. The predicted molar refractivity (Wildman–Crippen MR) is 132 cm³/mol. The Bertz CT molecular complexity index is 1240. The van der Waals surface area contributed by atoms with Crippen LogP contribution in [0.5, 0.6) is 5.75 Å². The fourth-order valence-electron chi connectivity index (χ4n) is 4.87. The number of aromatic nitrogens is 2. The van der Waals surface area contributed by atoms with Crippen molar-refractivity contribution in [2.75, 3.05) is 37.0 Å². The molecule has 3 aromatic rings. The van der Waals surface area contributed by atoms with Crippen molar-refractivity contribution < 1.29 is 9.53 Å². The average molecular weight is 486 g/mol. The Labute approximate surface area is 202 Å². The molecule has 2 fully saturated rings. The summed E-state index contributed by atoms with van der Waals surface area (Å²) in [6, 6.07) is 7.42. The number of carbonyl (C=O) groups excluding carboxylic acids is 1. The normalized spacial score (nSPS) is 17.7. The fourth-order valence-corrected chi connectivity index (χ4v) is 5.24. The van der Waals surface area contributed by atoms with Gasteiger partial charge in [-0.05, 0) is 62.0 Å². The van der Waals surface area contributed by atoms with E-state index >= 15 is 0 Å². The van der Waals surface area contributed by atoms with Gasteiger partial charge in [-0.2, -0.15) is 0 Å². The largest absolute Gasteiger partial charge is 0.494 e. The quantitative estimate of drug-likeness (QED) is 0.534. The maximum atomic E-state index is 13.1. The van der Waals surface area contributed by atoms with E-state index in [4.69, 9.17) is 27.9 Å². The van der Waals surface area contributed by atoms with E-state index in [9.17, 15) is 4.79 Å². The summed E-state index contributed by atoms with van der Waals surface area (Å²) in [6.07, 6.45) is 4.06. The first kappa shape index (κ1) is 22.2. The van der Waals surface area contributed by atoms with E-state index in [0.717, 1.165) is 48.3 Å². The molecule has 0 aliphatic carbocycles. The van der Waals surface area contributed by atoms with E-state index in [1.165, 1.54) is 6.33 Å². The van der Waals surface area contributed by atoms with Crippen LogP contribution in [0.25, 0.3) is 10.9 Å². The smallest absolute Gasteiger partial charge is 0.227 e. The van der Waals surface area contributed by atoms with Crippen molar-refractivity contribution in [2.24, 2.45) is 5.41 Å². The van der Waals surface area contributed by atoms with Crippen LogP contribution in [0.2, 0.25) is 10.0 Å². The summed E-state index contributed by atoms with van der Waals surface area (Å²) in [4.78, 5) is 23.9. The van der Waals surface area contributed by atoms with Crippen molar-refractivity contribution >= 4 is 57.2 Å². The standard InChI is InChI=1S/C24H25Cl2N5O2/c1-14-17(4-3-16(25)22(14)26)30-23-15-9-19(20(33-2)10-18(15)28-13-29-23)31-12-24(11-21(31)32)5-7-27-8-6-24/h3-4,9-10,13,27H,5-8,11-12H2,1-2H3,(H,28,29,30). The summed E-state index contributed by atoms with van der Waals surface area (Å²) in [5.41, 5.74) is 3.11. The molecule has 0 radical (unpaired) electrons. The summed E-state index contributed by atoms with van der Waals surface area (Å²) in [5.74, 6) is 1.37. The highest BCUT2D eigenvalue weighted by atomic mass is 35.5. The predicted octanol–water partition coefficient (Wildman–Crippen LogP) is 5.10. The minimum absolute atomic E-state index is 0.0216. The van der Waals surface area contributed by atoms with Gasteiger partial charge in [0.05, 0.1) is 28.4 Å². The highest BCUT2D eigenvalue weighted by Gasteiger charge is 2.44. The molecule has 1 aromatic heterocycles. The van der Waals surface area contributed by atoms with E-state index in [1.54, 1.807) is 13.2 Å². The Kier molecular flexibility index (Phi) is 5.80. The Morgan fingerprint density at radius 2 is 1.97 bits per heavy atom. The van der Waals surface area contributed by atoms with Crippen LogP contribution < -0.4 is 20.3 Å². The number of amides is 1. The molecule has 0 saturated carbocycles. The van der Waals surface area contributed by atoms with E-state index in [2.05, 4.69) is 20.6 Å². The van der Waals surface area contributed by atoms with Gasteiger partial charge in [0, 0.05) is 30.1 Å². The molecule has 5 rings (SSSR count). The minimum atomic E-state index is 0.0216. The number of piperidine rings is 1. The molecular weight excluding hydrogens is 461 g/mol. The van der Waals surface area contributed by atoms with Crippen LogP contribution in [-0.2, 0) is 4.79 Å². The third-order valence-electron chi connectivity index (χ3n) is 6.80. The van der Waals surface area contributed by atoms with Crippen molar-refractivity contribution in [1.82, 2.24) is 15.3 Å². The number of nitrogens with zero attached hydrogens (tertiary/aromatic N) is 3. The van der Waals surface area contributed by atoms with Gasteiger partial charge in [0.15, 0.2) is 0 Å². The highest BCUT2D eigenvalue weighted by Crippen LogP contribution is 2.45. The summed E-state index contributed by atoms with van der Waals surface area (Å²) < 4.78 is 5.68. The van der Waals surface area contributed by atoms with Crippen LogP contribution in [0.15, 0.2) is 30.6 Å². The molecule has 0 atom stereocenters. The van der Waals surface area contributed by atoms with E-state index in [1.807, 2.05) is 30.0 Å². The van der Waals surface area contributed by atoms with Crippen molar-refractivity contribution in [3.63, 3.8) is 0 Å². The van der Waals surface area contributed by atoms with Gasteiger partial charge in [0.2, 0.25) is 5.91 Å². The van der Waals surface area contributed by atoms with Crippen LogP contribution in [0, 0.1) is 12.3 Å². The van der Waals surface area contributed by atoms with Crippen molar-refractivity contribution in [3.8, 4) is 5.75 Å². The number of carbonyl (C=O) groups is 1. The van der Waals surface area contributed by atoms with Crippen LogP contribution in [0.1, 0.15) is 24.8 Å². The molecular formula is C24H25Cl2N5O2. The molecule has 0 unspecified atom stereocenters. The molecule has 2 N–H and O–H groups in total. The number of rotatable bonds is 4. The SMILES string of the molecule is COc1cc2ncnc(Nc3ccc(Cl)c(Cl)c3C)c2cc1N1CC2(CCNCC2)CC1=O. The molecule has 9 heteroatoms. The second-order valence-electron chi connectivity index (χ2n) is 8.83. The second kappa shape index (κ2) is 8.63. The molecule has 2 aromatic carbocycles. The number of benzene rings is 2. The lowest BCUT2D eigenvalue weighted by Crippen LogP contribution is -2.38. The number of fused-ring (bicyclic) bond motifs is 1. The number of halogens is 2. The monoisotopic (exact) mass is 485 g/mol. The topological polar surface area (TPSA) is 79.4 Å². The molecule has 1 amide bonds. The van der Waals surface area contributed by atoms with E-state index in [0.29, 0.717) is 40.1 Å². The van der Waals surface area contributed by atoms with E-state index < -0.39 is 0 Å². The molecule has 2 aliphatic rings. The molecule has 33 heavy (non-hydrogen) atoms. The number of anilines is 3. The van der Waals surface area contributed by atoms with Crippen molar-refractivity contribution in [3.05, 3.63) is 46.2 Å². The van der Waals surface area contributed by atoms with Crippen molar-refractivity contribution in [1.29, 1.82) is 0 Å². The Hall–Kier alpha value is -2.61. The summed E-state index contributed by atoms with van der Waals surface area (Å²) in [6.45, 7) is 4.48. The first-order valence-electron chi connectivity index (χ1n) is 11.0. The Morgan fingerprint density at radius 3 is 2.73 bits per heavy atom. The lowest BCUT2D eigenvalue weighted by atomic mass is 9.78. The lowest BCUT2D eigenvalue weighted by molar-refractivity contribution is -0.117. The number of hydrogen-bond donors (Lipinski definition) is 2. The number of methoxy groups -OCH3 is 1. The van der Waals surface area contributed by atoms with Crippen LogP contribution in [0.3, 0.4) is 0 Å². The van der Waals surface area contributed by atoms with Gasteiger partial charge < -0.3 is 20.3 Å². The van der Waals surface area contributed by atoms with Gasteiger partial charge in [0.1, 0.15) is 17.9 Å². The van der Waals surface area contributed by atoms with Gasteiger partial charge in [-0.3, -0.25) is 4.79 Å². The summed E-state index contributed by atoms with van der Waals surface area (Å²) in [5, 5.41) is 8.54. The van der Waals surface area contributed by atoms with Gasteiger partial charge in [-0.25, -0.2) is 9.97 Å². The third-order valence-corrected chi connectivity index (χ3v) is 7.70. The molecule has 2 saturated heterocycles. The molecule has 172 valence electrons. The molecule has 1 spiro atoms. The second-order valence-corrected chi connectivity index (χ2v) is 9.61. The van der Waals surface area contributed by atoms with Gasteiger partial charge in [0.25, 0.3) is 0 Å². The van der Waals surface area contributed by atoms with Gasteiger partial charge >= 0.3 is 0 Å². The molecule has 3 heterocycles. The Morgan fingerprint density at radius 1 is 1.18 bits per heavy atom. The number of hydrogen-bond acceptors (Lipinski definition) is 6. The molecule has 2 aliphatic heterocycles. The number of nitrogens with one attached hydrogen (secondary N) is 2. The zero-order valence-corrected chi connectivity index (χ0v) is 20.1. The maximum Gasteiger partial charge on any atom is 0.227 e. The fraction of sp³-hybridized carbons (Fsp3) is 0.375. The first-order chi connectivity index (χ1) is 15.9. The van der Waals surface area contributed by atoms with Crippen LogP contribution in [-0.4, -0.2) is 42.6 Å². The molecule has 0 bridgehead atoms. The van der Waals surface area contributed by atoms with Crippen LogP contribution >= 0.6 is 23.2 Å². The van der Waals surface area contributed by atoms with Gasteiger partial charge in [-0.15, -0.1) is 0 Å². The van der Waals surface area contributed by atoms with Crippen LogP contribution in [0.4, 0.5) is 17.2 Å². The Balaban J connectivity index is 1.57. The average Bonchev–Trinajstić information content (AvgIpc) is 3.14. The van der Waals surface area contributed by atoms with E-state index in [-0.39, 0.29) is 11.3 Å².